The van der Waals surface area contributed by atoms with Gasteiger partial charge in [-0.25, -0.2) is 9.97 Å². The molecule has 0 atom stereocenters. The van der Waals surface area contributed by atoms with E-state index >= 15 is 0 Å². The van der Waals surface area contributed by atoms with Crippen LogP contribution in [0, 0.1) is 6.92 Å². The molecule has 3 aromatic rings. The molecule has 0 bridgehead atoms. The first-order chi connectivity index (χ1) is 12.6. The van der Waals surface area contributed by atoms with E-state index in [-0.39, 0.29) is 11.5 Å². The van der Waals surface area contributed by atoms with Gasteiger partial charge >= 0.3 is 0 Å². The van der Waals surface area contributed by atoms with E-state index in [2.05, 4.69) is 16.9 Å². The van der Waals surface area contributed by atoms with Crippen molar-refractivity contribution in [3.05, 3.63) is 60.2 Å². The SMILES string of the molecule is CCCCCc1cc(O)c(-c2cccc(C)c2)c(O)c1-c1cncnc1. The number of aromatic nitrogens is 2. The van der Waals surface area contributed by atoms with Gasteiger partial charge in [-0.2, -0.15) is 0 Å². The van der Waals surface area contributed by atoms with E-state index in [4.69, 9.17) is 0 Å². The van der Waals surface area contributed by atoms with Crippen molar-refractivity contribution in [2.24, 2.45) is 0 Å². The van der Waals surface area contributed by atoms with E-state index in [1.165, 1.54) is 6.33 Å². The molecule has 0 amide bonds. The highest BCUT2D eigenvalue weighted by molar-refractivity contribution is 5.87. The van der Waals surface area contributed by atoms with Crippen LogP contribution in [0.5, 0.6) is 11.5 Å². The van der Waals surface area contributed by atoms with Gasteiger partial charge in [-0.3, -0.25) is 0 Å². The number of aromatic hydroxyl groups is 2. The lowest BCUT2D eigenvalue weighted by molar-refractivity contribution is 0.454. The molecule has 0 radical (unpaired) electrons. The summed E-state index contributed by atoms with van der Waals surface area (Å²) < 4.78 is 0. The Labute approximate surface area is 154 Å². The quantitative estimate of drug-likeness (QED) is 0.596. The molecule has 0 aliphatic rings. The first-order valence-electron chi connectivity index (χ1n) is 9.02. The van der Waals surface area contributed by atoms with Crippen LogP contribution in [-0.2, 0) is 6.42 Å². The summed E-state index contributed by atoms with van der Waals surface area (Å²) in [6.45, 7) is 4.14. The van der Waals surface area contributed by atoms with Crippen LogP contribution in [0.4, 0.5) is 0 Å². The Morgan fingerprint density at radius 2 is 1.69 bits per heavy atom. The van der Waals surface area contributed by atoms with Crippen LogP contribution < -0.4 is 0 Å². The number of benzene rings is 2. The topological polar surface area (TPSA) is 66.2 Å². The first-order valence-corrected chi connectivity index (χ1v) is 9.02. The van der Waals surface area contributed by atoms with Crippen LogP contribution in [0.2, 0.25) is 0 Å². The fraction of sp³-hybridized carbons (Fsp3) is 0.273. The average Bonchev–Trinajstić information content (AvgIpc) is 2.62. The molecular weight excluding hydrogens is 324 g/mol. The van der Waals surface area contributed by atoms with Gasteiger partial charge in [0.25, 0.3) is 0 Å². The summed E-state index contributed by atoms with van der Waals surface area (Å²) in [7, 11) is 0. The third kappa shape index (κ3) is 3.69. The highest BCUT2D eigenvalue weighted by Crippen LogP contribution is 2.46. The fourth-order valence-electron chi connectivity index (χ4n) is 3.31. The number of hydrogen-bond acceptors (Lipinski definition) is 4. The second-order valence-corrected chi connectivity index (χ2v) is 6.61. The van der Waals surface area contributed by atoms with E-state index in [0.717, 1.165) is 47.9 Å². The summed E-state index contributed by atoms with van der Waals surface area (Å²) in [5.41, 5.74) is 4.68. The Kier molecular flexibility index (Phi) is 5.52. The van der Waals surface area contributed by atoms with Crippen LogP contribution in [-0.4, -0.2) is 20.2 Å². The third-order valence-corrected chi connectivity index (χ3v) is 4.57. The first kappa shape index (κ1) is 17.9. The summed E-state index contributed by atoms with van der Waals surface area (Å²) in [4.78, 5) is 8.19. The van der Waals surface area contributed by atoms with Gasteiger partial charge in [0.15, 0.2) is 0 Å². The van der Waals surface area contributed by atoms with Crippen molar-refractivity contribution < 1.29 is 10.2 Å². The summed E-state index contributed by atoms with van der Waals surface area (Å²) in [5.74, 6) is 0.178. The standard InChI is InChI=1S/C22H24N2O2/c1-3-4-5-8-17-11-19(25)21(16-9-6-7-15(2)10-16)22(26)20(17)18-12-23-14-24-13-18/h6-7,9-14,25-26H,3-5,8H2,1-2H3. The van der Waals surface area contributed by atoms with Gasteiger partial charge in [0.1, 0.15) is 17.8 Å². The van der Waals surface area contributed by atoms with Gasteiger partial charge in [-0.1, -0.05) is 49.6 Å². The second-order valence-electron chi connectivity index (χ2n) is 6.61. The molecule has 1 heterocycles. The Morgan fingerprint density at radius 1 is 0.923 bits per heavy atom. The average molecular weight is 348 g/mol. The predicted molar refractivity (Wildman–Crippen MR) is 104 cm³/mol. The van der Waals surface area contributed by atoms with Crippen LogP contribution in [0.3, 0.4) is 0 Å². The maximum absolute atomic E-state index is 11.1. The van der Waals surface area contributed by atoms with Gasteiger partial charge in [0.05, 0.1) is 5.56 Å². The number of hydrogen-bond donors (Lipinski definition) is 2. The molecule has 0 saturated heterocycles. The normalized spacial score (nSPS) is 10.8. The van der Waals surface area contributed by atoms with Crippen LogP contribution >= 0.6 is 0 Å². The predicted octanol–water partition coefficient (Wildman–Crippen LogP) is 5.26. The van der Waals surface area contributed by atoms with Crippen LogP contribution in [0.15, 0.2) is 49.1 Å². The van der Waals surface area contributed by atoms with Crippen molar-refractivity contribution in [2.75, 3.05) is 0 Å². The smallest absolute Gasteiger partial charge is 0.135 e. The minimum atomic E-state index is 0.0805. The third-order valence-electron chi connectivity index (χ3n) is 4.57. The molecule has 0 unspecified atom stereocenters. The minimum absolute atomic E-state index is 0.0805. The van der Waals surface area contributed by atoms with E-state index in [1.807, 2.05) is 31.2 Å². The van der Waals surface area contributed by atoms with Gasteiger partial charge in [-0.15, -0.1) is 0 Å². The maximum Gasteiger partial charge on any atom is 0.135 e. The minimum Gasteiger partial charge on any atom is -0.507 e. The summed E-state index contributed by atoms with van der Waals surface area (Å²) >= 11 is 0. The number of rotatable bonds is 6. The maximum atomic E-state index is 11.1. The van der Waals surface area contributed by atoms with E-state index in [9.17, 15) is 10.2 Å². The Balaban J connectivity index is 2.19. The molecule has 2 N–H and O–H groups in total. The molecule has 2 aromatic carbocycles. The number of unbranched alkanes of at least 4 members (excludes halogenated alkanes) is 2. The number of nitrogens with zero attached hydrogens (tertiary/aromatic N) is 2. The number of aryl methyl sites for hydroxylation is 2. The summed E-state index contributed by atoms with van der Waals surface area (Å²) in [5, 5.41) is 21.7. The van der Waals surface area contributed by atoms with E-state index in [0.29, 0.717) is 11.1 Å². The van der Waals surface area contributed by atoms with Crippen molar-refractivity contribution in [2.45, 2.75) is 39.5 Å². The van der Waals surface area contributed by atoms with Crippen molar-refractivity contribution in [3.63, 3.8) is 0 Å². The monoisotopic (exact) mass is 348 g/mol. The zero-order valence-electron chi connectivity index (χ0n) is 15.2. The van der Waals surface area contributed by atoms with Gasteiger partial charge in [-0.05, 0) is 37.0 Å². The van der Waals surface area contributed by atoms with Crippen molar-refractivity contribution in [1.82, 2.24) is 9.97 Å². The lowest BCUT2D eigenvalue weighted by Crippen LogP contribution is -1.96. The Hall–Kier alpha value is -2.88. The van der Waals surface area contributed by atoms with Crippen LogP contribution in [0.25, 0.3) is 22.3 Å². The Morgan fingerprint density at radius 3 is 2.38 bits per heavy atom. The summed E-state index contributed by atoms with van der Waals surface area (Å²) in [6, 6.07) is 9.53. The highest BCUT2D eigenvalue weighted by atomic mass is 16.3. The molecular formula is C22H24N2O2. The lowest BCUT2D eigenvalue weighted by Gasteiger charge is -2.17. The fourth-order valence-corrected chi connectivity index (χ4v) is 3.31. The summed E-state index contributed by atoms with van der Waals surface area (Å²) in [6.07, 6.45) is 8.87. The molecule has 26 heavy (non-hydrogen) atoms. The molecule has 4 nitrogen and oxygen atoms in total. The van der Waals surface area contributed by atoms with Crippen molar-refractivity contribution in [3.8, 4) is 33.8 Å². The van der Waals surface area contributed by atoms with Gasteiger partial charge in [0.2, 0.25) is 0 Å². The molecule has 3 rings (SSSR count). The molecule has 1 aromatic heterocycles. The van der Waals surface area contributed by atoms with Gasteiger partial charge in [0, 0.05) is 23.5 Å². The molecule has 0 saturated carbocycles. The van der Waals surface area contributed by atoms with Crippen molar-refractivity contribution >= 4 is 0 Å². The molecule has 0 aliphatic heterocycles. The number of phenols is 2. The lowest BCUT2D eigenvalue weighted by atomic mass is 9.90. The highest BCUT2D eigenvalue weighted by Gasteiger charge is 2.20. The molecule has 4 heteroatoms. The Bertz CT molecular complexity index is 892. The number of phenolic OH excluding ortho intramolecular Hbond substituents is 2. The van der Waals surface area contributed by atoms with Crippen LogP contribution in [0.1, 0.15) is 37.3 Å². The molecule has 0 spiro atoms. The molecule has 134 valence electrons. The van der Waals surface area contributed by atoms with E-state index < -0.39 is 0 Å². The van der Waals surface area contributed by atoms with Crippen molar-refractivity contribution in [1.29, 1.82) is 0 Å². The molecule has 0 aliphatic carbocycles. The molecule has 0 fully saturated rings. The zero-order valence-corrected chi connectivity index (χ0v) is 15.2. The van der Waals surface area contributed by atoms with Gasteiger partial charge < -0.3 is 10.2 Å². The van der Waals surface area contributed by atoms with E-state index in [1.54, 1.807) is 18.5 Å². The second kappa shape index (κ2) is 8.00. The largest absolute Gasteiger partial charge is 0.507 e. The zero-order chi connectivity index (χ0) is 18.5.